The molecule has 0 bridgehead atoms. The molecule has 0 aliphatic heterocycles. The SMILES string of the molecule is Cc1cc(S(=O)(=O)NCc2ccccn2)ccc1C#N. The average Bonchev–Trinajstić information content (AvgIpc) is 2.46. The lowest BCUT2D eigenvalue weighted by molar-refractivity contribution is 0.580. The Morgan fingerprint density at radius 3 is 2.70 bits per heavy atom. The predicted octanol–water partition coefficient (Wildman–Crippen LogP) is 1.74. The van der Waals surface area contributed by atoms with E-state index in [-0.39, 0.29) is 11.4 Å². The first-order valence-electron chi connectivity index (χ1n) is 5.93. The van der Waals surface area contributed by atoms with Crippen LogP contribution in [0, 0.1) is 18.3 Å². The number of hydrogen-bond donors (Lipinski definition) is 1. The van der Waals surface area contributed by atoms with Gasteiger partial charge in [-0.2, -0.15) is 5.26 Å². The van der Waals surface area contributed by atoms with Crippen molar-refractivity contribution in [1.82, 2.24) is 9.71 Å². The number of sulfonamides is 1. The molecule has 0 fully saturated rings. The van der Waals surface area contributed by atoms with E-state index in [2.05, 4.69) is 9.71 Å². The average molecular weight is 287 g/mol. The summed E-state index contributed by atoms with van der Waals surface area (Å²) in [6.07, 6.45) is 1.61. The lowest BCUT2D eigenvalue weighted by Crippen LogP contribution is -2.23. The summed E-state index contributed by atoms with van der Waals surface area (Å²) in [4.78, 5) is 4.19. The van der Waals surface area contributed by atoms with E-state index in [1.807, 2.05) is 6.07 Å². The lowest BCUT2D eigenvalue weighted by Gasteiger charge is -2.07. The van der Waals surface area contributed by atoms with E-state index in [1.54, 1.807) is 31.3 Å². The fraction of sp³-hybridized carbons (Fsp3) is 0.143. The van der Waals surface area contributed by atoms with Crippen molar-refractivity contribution >= 4 is 10.0 Å². The zero-order valence-electron chi connectivity index (χ0n) is 10.9. The summed E-state index contributed by atoms with van der Waals surface area (Å²) in [5, 5.41) is 8.84. The molecule has 0 saturated heterocycles. The van der Waals surface area contributed by atoms with E-state index in [0.717, 1.165) is 0 Å². The van der Waals surface area contributed by atoms with Crippen molar-refractivity contribution in [2.75, 3.05) is 0 Å². The normalized spacial score (nSPS) is 11.0. The summed E-state index contributed by atoms with van der Waals surface area (Å²) < 4.78 is 26.8. The van der Waals surface area contributed by atoms with Crippen LogP contribution in [0.3, 0.4) is 0 Å². The minimum absolute atomic E-state index is 0.127. The van der Waals surface area contributed by atoms with Crippen LogP contribution in [0.15, 0.2) is 47.5 Å². The first-order valence-corrected chi connectivity index (χ1v) is 7.41. The highest BCUT2D eigenvalue weighted by Gasteiger charge is 2.15. The van der Waals surface area contributed by atoms with Crippen LogP contribution < -0.4 is 4.72 Å². The molecule has 0 saturated carbocycles. The second-order valence-electron chi connectivity index (χ2n) is 4.23. The molecule has 0 aliphatic carbocycles. The summed E-state index contributed by atoms with van der Waals surface area (Å²) in [5.41, 5.74) is 1.74. The summed E-state index contributed by atoms with van der Waals surface area (Å²) in [6, 6.07) is 11.7. The summed E-state index contributed by atoms with van der Waals surface area (Å²) >= 11 is 0. The number of aryl methyl sites for hydroxylation is 1. The van der Waals surface area contributed by atoms with Gasteiger partial charge in [0, 0.05) is 6.20 Å². The Morgan fingerprint density at radius 1 is 1.30 bits per heavy atom. The summed E-state index contributed by atoms with van der Waals surface area (Å²) in [5.74, 6) is 0. The van der Waals surface area contributed by atoms with Crippen molar-refractivity contribution < 1.29 is 8.42 Å². The molecule has 2 rings (SSSR count). The highest BCUT2D eigenvalue weighted by atomic mass is 32.2. The molecular formula is C14H13N3O2S. The van der Waals surface area contributed by atoms with Crippen LogP contribution in [0.1, 0.15) is 16.8 Å². The van der Waals surface area contributed by atoms with Crippen molar-refractivity contribution in [3.05, 3.63) is 59.4 Å². The van der Waals surface area contributed by atoms with E-state index < -0.39 is 10.0 Å². The third-order valence-electron chi connectivity index (χ3n) is 2.80. The van der Waals surface area contributed by atoms with Gasteiger partial charge in [0.05, 0.1) is 28.8 Å². The smallest absolute Gasteiger partial charge is 0.240 e. The topological polar surface area (TPSA) is 82.8 Å². The van der Waals surface area contributed by atoms with Gasteiger partial charge in [-0.1, -0.05) is 6.07 Å². The minimum atomic E-state index is -3.61. The molecule has 1 aromatic heterocycles. The Balaban J connectivity index is 2.19. The lowest BCUT2D eigenvalue weighted by atomic mass is 10.1. The van der Waals surface area contributed by atoms with Gasteiger partial charge < -0.3 is 0 Å². The molecule has 0 radical (unpaired) electrons. The summed E-state index contributed by atoms with van der Waals surface area (Å²) in [7, 11) is -3.61. The van der Waals surface area contributed by atoms with Crippen molar-refractivity contribution in [3.63, 3.8) is 0 Å². The molecule has 0 spiro atoms. The monoisotopic (exact) mass is 287 g/mol. The molecule has 1 heterocycles. The van der Waals surface area contributed by atoms with E-state index in [9.17, 15) is 8.42 Å². The molecule has 2 aromatic rings. The second-order valence-corrected chi connectivity index (χ2v) is 6.00. The van der Waals surface area contributed by atoms with Gasteiger partial charge in [-0.3, -0.25) is 4.98 Å². The van der Waals surface area contributed by atoms with Crippen molar-refractivity contribution in [1.29, 1.82) is 5.26 Å². The molecule has 20 heavy (non-hydrogen) atoms. The fourth-order valence-electron chi connectivity index (χ4n) is 1.68. The van der Waals surface area contributed by atoms with Crippen LogP contribution in [-0.4, -0.2) is 13.4 Å². The molecule has 0 aliphatic rings. The number of rotatable bonds is 4. The maximum atomic E-state index is 12.1. The number of nitrogens with zero attached hydrogens (tertiary/aromatic N) is 2. The van der Waals surface area contributed by atoms with E-state index in [4.69, 9.17) is 5.26 Å². The van der Waals surface area contributed by atoms with Crippen LogP contribution in [0.25, 0.3) is 0 Å². The molecule has 0 unspecified atom stereocenters. The Labute approximate surface area is 118 Å². The van der Waals surface area contributed by atoms with Crippen LogP contribution in [-0.2, 0) is 16.6 Å². The van der Waals surface area contributed by atoms with Gasteiger partial charge in [-0.15, -0.1) is 0 Å². The number of aromatic nitrogens is 1. The molecular weight excluding hydrogens is 274 g/mol. The fourth-order valence-corrected chi connectivity index (χ4v) is 2.77. The summed E-state index contributed by atoms with van der Waals surface area (Å²) in [6.45, 7) is 1.83. The van der Waals surface area contributed by atoms with E-state index in [1.165, 1.54) is 18.2 Å². The van der Waals surface area contributed by atoms with Gasteiger partial charge in [0.15, 0.2) is 0 Å². The number of pyridine rings is 1. The molecule has 6 heteroatoms. The number of nitrogens with one attached hydrogen (secondary N) is 1. The van der Waals surface area contributed by atoms with Crippen LogP contribution in [0.5, 0.6) is 0 Å². The second kappa shape index (κ2) is 5.82. The van der Waals surface area contributed by atoms with Crippen LogP contribution >= 0.6 is 0 Å². The van der Waals surface area contributed by atoms with E-state index >= 15 is 0 Å². The van der Waals surface area contributed by atoms with Gasteiger partial charge in [-0.05, 0) is 42.8 Å². The zero-order chi connectivity index (χ0) is 14.6. The van der Waals surface area contributed by atoms with Crippen molar-refractivity contribution in [3.8, 4) is 6.07 Å². The van der Waals surface area contributed by atoms with Gasteiger partial charge in [0.25, 0.3) is 0 Å². The van der Waals surface area contributed by atoms with Crippen molar-refractivity contribution in [2.45, 2.75) is 18.4 Å². The zero-order valence-corrected chi connectivity index (χ0v) is 11.7. The largest absolute Gasteiger partial charge is 0.260 e. The van der Waals surface area contributed by atoms with Crippen LogP contribution in [0.2, 0.25) is 0 Å². The maximum absolute atomic E-state index is 12.1. The molecule has 1 N–H and O–H groups in total. The highest BCUT2D eigenvalue weighted by Crippen LogP contribution is 2.15. The van der Waals surface area contributed by atoms with Gasteiger partial charge in [-0.25, -0.2) is 13.1 Å². The molecule has 0 amide bonds. The Kier molecular flexibility index (Phi) is 4.13. The van der Waals surface area contributed by atoms with Gasteiger partial charge in [0.1, 0.15) is 0 Å². The number of benzene rings is 1. The molecule has 1 aromatic carbocycles. The predicted molar refractivity (Wildman–Crippen MR) is 74.2 cm³/mol. The number of nitriles is 1. The Morgan fingerprint density at radius 2 is 2.10 bits per heavy atom. The maximum Gasteiger partial charge on any atom is 0.240 e. The third kappa shape index (κ3) is 3.20. The Hall–Kier alpha value is -2.23. The Bertz CT molecular complexity index is 750. The van der Waals surface area contributed by atoms with E-state index in [0.29, 0.717) is 16.8 Å². The number of hydrogen-bond acceptors (Lipinski definition) is 4. The minimum Gasteiger partial charge on any atom is -0.260 e. The highest BCUT2D eigenvalue weighted by molar-refractivity contribution is 7.89. The first-order chi connectivity index (χ1) is 9.53. The van der Waals surface area contributed by atoms with Gasteiger partial charge in [0.2, 0.25) is 10.0 Å². The molecule has 5 nitrogen and oxygen atoms in total. The van der Waals surface area contributed by atoms with Crippen molar-refractivity contribution in [2.24, 2.45) is 0 Å². The molecule has 0 atom stereocenters. The standard InChI is InChI=1S/C14H13N3O2S/c1-11-8-14(6-5-12(11)9-15)20(18,19)17-10-13-4-2-3-7-16-13/h2-8,17H,10H2,1H3. The first kappa shape index (κ1) is 14.2. The third-order valence-corrected chi connectivity index (χ3v) is 4.20. The van der Waals surface area contributed by atoms with Crippen LogP contribution in [0.4, 0.5) is 0 Å². The molecule has 102 valence electrons. The quantitative estimate of drug-likeness (QED) is 0.928. The van der Waals surface area contributed by atoms with Gasteiger partial charge >= 0.3 is 0 Å².